The highest BCUT2D eigenvalue weighted by molar-refractivity contribution is 5.78. The van der Waals surface area contributed by atoms with Crippen LogP contribution in [0.15, 0.2) is 30.3 Å². The molecular weight excluding hydrogens is 176 g/mol. The van der Waals surface area contributed by atoms with Crippen molar-refractivity contribution in [2.45, 2.75) is 19.3 Å². The van der Waals surface area contributed by atoms with Crippen molar-refractivity contribution in [2.24, 2.45) is 0 Å². The molecule has 2 heteroatoms. The summed E-state index contributed by atoms with van der Waals surface area (Å²) in [5, 5.41) is 0. The van der Waals surface area contributed by atoms with Crippen LogP contribution in [0.3, 0.4) is 0 Å². The Morgan fingerprint density at radius 2 is 2.07 bits per heavy atom. The van der Waals surface area contributed by atoms with Gasteiger partial charge in [-0.3, -0.25) is 4.79 Å². The predicted octanol–water partition coefficient (Wildman–Crippen LogP) is 2.56. The third kappa shape index (κ3) is 2.59. The Hall–Kier alpha value is -1.31. The van der Waals surface area contributed by atoms with Gasteiger partial charge in [-0.2, -0.15) is 0 Å². The van der Waals surface area contributed by atoms with Gasteiger partial charge in [0.2, 0.25) is 0 Å². The summed E-state index contributed by atoms with van der Waals surface area (Å²) in [6.45, 7) is 5.99. The lowest BCUT2D eigenvalue weighted by Crippen LogP contribution is -2.15. The summed E-state index contributed by atoms with van der Waals surface area (Å²) in [6.07, 6.45) is 0.531. The number of benzene rings is 1. The number of carbonyl (C=O) groups is 1. The van der Waals surface area contributed by atoms with Crippen LogP contribution in [0.5, 0.6) is 0 Å². The van der Waals surface area contributed by atoms with Crippen LogP contribution in [-0.4, -0.2) is 12.6 Å². The fourth-order valence-corrected chi connectivity index (χ4v) is 1.35. The van der Waals surface area contributed by atoms with E-state index in [9.17, 15) is 4.79 Å². The van der Waals surface area contributed by atoms with E-state index in [0.29, 0.717) is 13.0 Å². The zero-order chi connectivity index (χ0) is 10.4. The highest BCUT2D eigenvalue weighted by Crippen LogP contribution is 2.20. The highest BCUT2D eigenvalue weighted by Gasteiger charge is 2.18. The zero-order valence-corrected chi connectivity index (χ0v) is 8.40. The van der Waals surface area contributed by atoms with Crippen LogP contribution in [0, 0.1) is 6.92 Å². The first-order valence-electron chi connectivity index (χ1n) is 4.80. The van der Waals surface area contributed by atoms with Gasteiger partial charge in [0.15, 0.2) is 0 Å². The maximum Gasteiger partial charge on any atom is 0.313 e. The Balaban J connectivity index is 2.77. The van der Waals surface area contributed by atoms with E-state index in [0.717, 1.165) is 5.56 Å². The summed E-state index contributed by atoms with van der Waals surface area (Å²) in [5.41, 5.74) is 0.973. The molecule has 0 aliphatic heterocycles. The molecule has 1 atom stereocenters. The highest BCUT2D eigenvalue weighted by atomic mass is 16.5. The number of rotatable bonds is 4. The lowest BCUT2D eigenvalue weighted by atomic mass is 9.97. The van der Waals surface area contributed by atoms with Gasteiger partial charge in [-0.15, -0.1) is 0 Å². The lowest BCUT2D eigenvalue weighted by molar-refractivity contribution is -0.144. The fourth-order valence-electron chi connectivity index (χ4n) is 1.35. The normalized spacial score (nSPS) is 12.1. The molecule has 0 bridgehead atoms. The summed E-state index contributed by atoms with van der Waals surface area (Å²) in [4.78, 5) is 11.5. The van der Waals surface area contributed by atoms with Crippen molar-refractivity contribution >= 4 is 5.97 Å². The van der Waals surface area contributed by atoms with Crippen LogP contribution in [-0.2, 0) is 9.53 Å². The van der Waals surface area contributed by atoms with Gasteiger partial charge in [-0.25, -0.2) is 0 Å². The molecule has 0 saturated carbocycles. The minimum atomic E-state index is -0.226. The molecule has 14 heavy (non-hydrogen) atoms. The molecule has 75 valence electrons. The van der Waals surface area contributed by atoms with Crippen molar-refractivity contribution in [3.63, 3.8) is 0 Å². The van der Waals surface area contributed by atoms with Gasteiger partial charge in [0.1, 0.15) is 0 Å². The monoisotopic (exact) mass is 191 g/mol. The molecule has 1 radical (unpaired) electrons. The smallest absolute Gasteiger partial charge is 0.313 e. The Kier molecular flexibility index (Phi) is 4.17. The SMILES string of the molecule is [CH2]CC(C(=O)OCC)c1ccccc1. The lowest BCUT2D eigenvalue weighted by Gasteiger charge is -2.13. The maximum atomic E-state index is 11.5. The Bertz CT molecular complexity index is 280. The standard InChI is InChI=1S/C12H15O2/c1-3-11(12(13)14-4-2)10-8-6-5-7-9-10/h5-9,11H,1,3-4H2,2H3. The minimum absolute atomic E-state index is 0.186. The number of hydrogen-bond acceptors (Lipinski definition) is 2. The summed E-state index contributed by atoms with van der Waals surface area (Å²) >= 11 is 0. The number of hydrogen-bond donors (Lipinski definition) is 0. The van der Waals surface area contributed by atoms with Gasteiger partial charge in [-0.05, 0) is 18.9 Å². The maximum absolute atomic E-state index is 11.5. The van der Waals surface area contributed by atoms with Crippen LogP contribution in [0.25, 0.3) is 0 Å². The van der Waals surface area contributed by atoms with E-state index >= 15 is 0 Å². The predicted molar refractivity (Wildman–Crippen MR) is 55.8 cm³/mol. The van der Waals surface area contributed by atoms with E-state index in [1.165, 1.54) is 0 Å². The number of carbonyl (C=O) groups excluding carboxylic acids is 1. The average Bonchev–Trinajstić information content (AvgIpc) is 2.21. The largest absolute Gasteiger partial charge is 0.466 e. The van der Waals surface area contributed by atoms with Gasteiger partial charge in [0.05, 0.1) is 12.5 Å². The van der Waals surface area contributed by atoms with E-state index < -0.39 is 0 Å². The molecular formula is C12H15O2. The zero-order valence-electron chi connectivity index (χ0n) is 8.40. The van der Waals surface area contributed by atoms with E-state index in [-0.39, 0.29) is 11.9 Å². The topological polar surface area (TPSA) is 26.3 Å². The van der Waals surface area contributed by atoms with Crippen LogP contribution in [0.2, 0.25) is 0 Å². The molecule has 0 aliphatic rings. The Morgan fingerprint density at radius 3 is 2.57 bits per heavy atom. The van der Waals surface area contributed by atoms with Crippen LogP contribution in [0.1, 0.15) is 24.8 Å². The first-order chi connectivity index (χ1) is 6.79. The second-order valence-corrected chi connectivity index (χ2v) is 3.00. The second-order valence-electron chi connectivity index (χ2n) is 3.00. The molecule has 1 aromatic rings. The molecule has 1 rings (SSSR count). The van der Waals surface area contributed by atoms with Gasteiger partial charge < -0.3 is 4.74 Å². The van der Waals surface area contributed by atoms with Crippen molar-refractivity contribution in [1.82, 2.24) is 0 Å². The molecule has 0 amide bonds. The summed E-state index contributed by atoms with van der Waals surface area (Å²) in [7, 11) is 0. The van der Waals surface area contributed by atoms with Gasteiger partial charge in [0.25, 0.3) is 0 Å². The Labute approximate surface area is 84.9 Å². The first kappa shape index (κ1) is 10.8. The van der Waals surface area contributed by atoms with Crippen molar-refractivity contribution in [3.05, 3.63) is 42.8 Å². The van der Waals surface area contributed by atoms with E-state index in [1.54, 1.807) is 0 Å². The minimum Gasteiger partial charge on any atom is -0.466 e. The molecule has 0 N–H and O–H groups in total. The first-order valence-corrected chi connectivity index (χ1v) is 4.80. The van der Waals surface area contributed by atoms with Crippen LogP contribution < -0.4 is 0 Å². The van der Waals surface area contributed by atoms with Gasteiger partial charge in [-0.1, -0.05) is 37.3 Å². The Morgan fingerprint density at radius 1 is 1.43 bits per heavy atom. The average molecular weight is 191 g/mol. The van der Waals surface area contributed by atoms with Crippen LogP contribution in [0.4, 0.5) is 0 Å². The summed E-state index contributed by atoms with van der Waals surface area (Å²) in [5.74, 6) is -0.412. The fraction of sp³-hybridized carbons (Fsp3) is 0.333. The van der Waals surface area contributed by atoms with Crippen molar-refractivity contribution in [3.8, 4) is 0 Å². The van der Waals surface area contributed by atoms with Crippen molar-refractivity contribution in [2.75, 3.05) is 6.61 Å². The molecule has 0 saturated heterocycles. The molecule has 0 fully saturated rings. The third-order valence-electron chi connectivity index (χ3n) is 2.06. The van der Waals surface area contributed by atoms with Gasteiger partial charge in [0, 0.05) is 0 Å². The van der Waals surface area contributed by atoms with Crippen molar-refractivity contribution in [1.29, 1.82) is 0 Å². The molecule has 0 heterocycles. The molecule has 1 unspecified atom stereocenters. The molecule has 2 nitrogen and oxygen atoms in total. The van der Waals surface area contributed by atoms with Crippen molar-refractivity contribution < 1.29 is 9.53 Å². The molecule has 0 aliphatic carbocycles. The quantitative estimate of drug-likeness (QED) is 0.684. The van der Waals surface area contributed by atoms with E-state index in [2.05, 4.69) is 6.92 Å². The van der Waals surface area contributed by atoms with E-state index in [4.69, 9.17) is 4.74 Å². The third-order valence-corrected chi connectivity index (χ3v) is 2.06. The number of ether oxygens (including phenoxy) is 1. The molecule has 0 spiro atoms. The van der Waals surface area contributed by atoms with Gasteiger partial charge >= 0.3 is 5.97 Å². The number of esters is 1. The van der Waals surface area contributed by atoms with Crippen LogP contribution >= 0.6 is 0 Å². The molecule has 1 aromatic carbocycles. The molecule has 0 aromatic heterocycles. The van der Waals surface area contributed by atoms with E-state index in [1.807, 2.05) is 37.3 Å². The second kappa shape index (κ2) is 5.43. The summed E-state index contributed by atoms with van der Waals surface area (Å²) in [6, 6.07) is 9.60. The summed E-state index contributed by atoms with van der Waals surface area (Å²) < 4.78 is 4.97.